The van der Waals surface area contributed by atoms with Crippen LogP contribution in [0.3, 0.4) is 0 Å². The second-order valence-electron chi connectivity index (χ2n) is 6.87. The van der Waals surface area contributed by atoms with Gasteiger partial charge in [0.15, 0.2) is 0 Å². The molecule has 144 valence electrons. The van der Waals surface area contributed by atoms with E-state index < -0.39 is 10.0 Å². The molecular weight excluding hydrogens is 393 g/mol. The SMILES string of the molecule is Cc1ccc(S(=O)(=O)N2c3ccccc3CC2CSc2ccc(F)cc2)cc1. The van der Waals surface area contributed by atoms with Gasteiger partial charge in [0.1, 0.15) is 5.82 Å². The third-order valence-corrected chi connectivity index (χ3v) is 7.89. The van der Waals surface area contributed by atoms with E-state index in [4.69, 9.17) is 0 Å². The lowest BCUT2D eigenvalue weighted by Crippen LogP contribution is -2.39. The van der Waals surface area contributed by atoms with E-state index in [1.54, 1.807) is 40.3 Å². The lowest BCUT2D eigenvalue weighted by Gasteiger charge is -2.27. The third-order valence-electron chi connectivity index (χ3n) is 4.85. The topological polar surface area (TPSA) is 37.4 Å². The maximum absolute atomic E-state index is 13.4. The van der Waals surface area contributed by atoms with Gasteiger partial charge < -0.3 is 0 Å². The number of thioether (sulfide) groups is 1. The van der Waals surface area contributed by atoms with Crippen molar-refractivity contribution in [1.82, 2.24) is 0 Å². The van der Waals surface area contributed by atoms with Crippen LogP contribution in [-0.4, -0.2) is 20.2 Å². The molecule has 0 saturated carbocycles. The van der Waals surface area contributed by atoms with E-state index in [1.165, 1.54) is 12.1 Å². The fourth-order valence-electron chi connectivity index (χ4n) is 3.43. The largest absolute Gasteiger partial charge is 0.264 e. The quantitative estimate of drug-likeness (QED) is 0.550. The van der Waals surface area contributed by atoms with Crippen molar-refractivity contribution in [2.45, 2.75) is 29.2 Å². The zero-order valence-electron chi connectivity index (χ0n) is 15.4. The minimum atomic E-state index is -3.67. The number of rotatable bonds is 5. The van der Waals surface area contributed by atoms with Gasteiger partial charge in [0.05, 0.1) is 16.6 Å². The third kappa shape index (κ3) is 3.66. The molecule has 0 amide bonds. The van der Waals surface area contributed by atoms with Crippen LogP contribution in [-0.2, 0) is 16.4 Å². The molecule has 4 rings (SSSR count). The Morgan fingerprint density at radius 1 is 1.00 bits per heavy atom. The summed E-state index contributed by atoms with van der Waals surface area (Å²) in [6.45, 7) is 1.93. The van der Waals surface area contributed by atoms with Crippen LogP contribution >= 0.6 is 11.8 Å². The highest BCUT2D eigenvalue weighted by molar-refractivity contribution is 7.99. The van der Waals surface area contributed by atoms with Crippen LogP contribution in [0.15, 0.2) is 82.6 Å². The summed E-state index contributed by atoms with van der Waals surface area (Å²) in [6, 6.07) is 20.7. The van der Waals surface area contributed by atoms with Gasteiger partial charge in [-0.1, -0.05) is 35.9 Å². The fourth-order valence-corrected chi connectivity index (χ4v) is 6.19. The van der Waals surface area contributed by atoms with Crippen molar-refractivity contribution in [1.29, 1.82) is 0 Å². The number of aryl methyl sites for hydroxylation is 1. The molecule has 3 aromatic carbocycles. The van der Waals surface area contributed by atoms with E-state index in [0.29, 0.717) is 17.1 Å². The Bertz CT molecular complexity index is 1080. The number of sulfonamides is 1. The van der Waals surface area contributed by atoms with Gasteiger partial charge in [0.2, 0.25) is 0 Å². The van der Waals surface area contributed by atoms with E-state index in [0.717, 1.165) is 21.7 Å². The van der Waals surface area contributed by atoms with Crippen LogP contribution in [0.4, 0.5) is 10.1 Å². The molecule has 0 aromatic heterocycles. The van der Waals surface area contributed by atoms with E-state index >= 15 is 0 Å². The molecule has 28 heavy (non-hydrogen) atoms. The van der Waals surface area contributed by atoms with Crippen LogP contribution in [0.2, 0.25) is 0 Å². The molecule has 0 spiro atoms. The van der Waals surface area contributed by atoms with E-state index in [-0.39, 0.29) is 11.9 Å². The fraction of sp³-hybridized carbons (Fsp3) is 0.182. The summed E-state index contributed by atoms with van der Waals surface area (Å²) in [5.74, 6) is 0.312. The first-order chi connectivity index (χ1) is 13.4. The molecular formula is C22H20FNO2S2. The first-order valence-electron chi connectivity index (χ1n) is 9.02. The molecule has 0 saturated heterocycles. The highest BCUT2D eigenvalue weighted by Gasteiger charge is 2.38. The number of benzene rings is 3. The van der Waals surface area contributed by atoms with Gasteiger partial charge in [0.25, 0.3) is 10.0 Å². The molecule has 1 unspecified atom stereocenters. The van der Waals surface area contributed by atoms with Gasteiger partial charge in [-0.05, 0) is 61.4 Å². The maximum Gasteiger partial charge on any atom is 0.264 e. The molecule has 3 aromatic rings. The Morgan fingerprint density at radius 3 is 2.39 bits per heavy atom. The van der Waals surface area contributed by atoms with Crippen LogP contribution < -0.4 is 4.31 Å². The Kier molecular flexibility index (Phi) is 5.17. The number of hydrogen-bond acceptors (Lipinski definition) is 3. The number of nitrogens with zero attached hydrogens (tertiary/aromatic N) is 1. The second kappa shape index (κ2) is 7.60. The summed E-state index contributed by atoms with van der Waals surface area (Å²) >= 11 is 1.54. The second-order valence-corrected chi connectivity index (χ2v) is 9.77. The lowest BCUT2D eigenvalue weighted by atomic mass is 10.1. The van der Waals surface area contributed by atoms with Gasteiger partial charge in [-0.15, -0.1) is 11.8 Å². The maximum atomic E-state index is 13.4. The number of fused-ring (bicyclic) bond motifs is 1. The Hall–Kier alpha value is -2.31. The molecule has 0 radical (unpaired) electrons. The van der Waals surface area contributed by atoms with Crippen molar-refractivity contribution in [3.05, 3.63) is 89.7 Å². The number of halogens is 1. The summed E-state index contributed by atoms with van der Waals surface area (Å²) in [6.07, 6.45) is 0.662. The van der Waals surface area contributed by atoms with Crippen LogP contribution in [0.1, 0.15) is 11.1 Å². The molecule has 0 bridgehead atoms. The monoisotopic (exact) mass is 413 g/mol. The molecule has 6 heteroatoms. The van der Waals surface area contributed by atoms with Gasteiger partial charge >= 0.3 is 0 Å². The zero-order valence-corrected chi connectivity index (χ0v) is 17.0. The van der Waals surface area contributed by atoms with Gasteiger partial charge in [-0.2, -0.15) is 0 Å². The molecule has 1 atom stereocenters. The van der Waals surface area contributed by atoms with Crippen LogP contribution in [0, 0.1) is 12.7 Å². The van der Waals surface area contributed by atoms with E-state index in [1.807, 2.05) is 43.3 Å². The standard InChI is InChI=1S/C22H20FNO2S2/c1-16-6-12-21(13-7-16)28(25,26)24-19(14-17-4-2-3-5-22(17)24)15-27-20-10-8-18(23)9-11-20/h2-13,19H,14-15H2,1H3. The van der Waals surface area contributed by atoms with Gasteiger partial charge in [-0.25, -0.2) is 12.8 Å². The Balaban J connectivity index is 1.66. The van der Waals surface area contributed by atoms with Crippen molar-refractivity contribution in [3.63, 3.8) is 0 Å². The summed E-state index contributed by atoms with van der Waals surface area (Å²) in [4.78, 5) is 1.22. The molecule has 1 aliphatic heterocycles. The Labute approximate surface area is 169 Å². The summed E-state index contributed by atoms with van der Waals surface area (Å²) in [5, 5.41) is 0. The first-order valence-corrected chi connectivity index (χ1v) is 11.4. The van der Waals surface area contributed by atoms with E-state index in [9.17, 15) is 12.8 Å². The van der Waals surface area contributed by atoms with Crippen LogP contribution in [0.25, 0.3) is 0 Å². The number of anilines is 1. The minimum absolute atomic E-state index is 0.196. The summed E-state index contributed by atoms with van der Waals surface area (Å²) in [5.41, 5.74) is 2.79. The lowest BCUT2D eigenvalue weighted by molar-refractivity contribution is 0.585. The first kappa shape index (κ1) is 19.0. The highest BCUT2D eigenvalue weighted by Crippen LogP contribution is 2.38. The van der Waals surface area contributed by atoms with Crippen LogP contribution in [0.5, 0.6) is 0 Å². The number of para-hydroxylation sites is 1. The molecule has 1 heterocycles. The average Bonchev–Trinajstić information content (AvgIpc) is 3.07. The van der Waals surface area contributed by atoms with Crippen molar-refractivity contribution in [2.75, 3.05) is 10.1 Å². The van der Waals surface area contributed by atoms with Gasteiger partial charge in [-0.3, -0.25) is 4.31 Å². The number of hydrogen-bond donors (Lipinski definition) is 0. The molecule has 0 aliphatic carbocycles. The zero-order chi connectivity index (χ0) is 19.7. The minimum Gasteiger partial charge on any atom is -0.262 e. The van der Waals surface area contributed by atoms with Crippen molar-refractivity contribution >= 4 is 27.5 Å². The predicted octanol–water partition coefficient (Wildman–Crippen LogP) is 5.05. The normalized spacial score (nSPS) is 16.2. The molecule has 1 aliphatic rings. The highest BCUT2D eigenvalue weighted by atomic mass is 32.2. The molecule has 3 nitrogen and oxygen atoms in total. The molecule has 0 N–H and O–H groups in total. The average molecular weight is 414 g/mol. The molecule has 0 fully saturated rings. The van der Waals surface area contributed by atoms with Crippen molar-refractivity contribution in [3.8, 4) is 0 Å². The van der Waals surface area contributed by atoms with E-state index in [2.05, 4.69) is 0 Å². The van der Waals surface area contributed by atoms with Crippen molar-refractivity contribution < 1.29 is 12.8 Å². The predicted molar refractivity (Wildman–Crippen MR) is 112 cm³/mol. The van der Waals surface area contributed by atoms with Crippen molar-refractivity contribution in [2.24, 2.45) is 0 Å². The Morgan fingerprint density at radius 2 is 1.68 bits per heavy atom. The smallest absolute Gasteiger partial charge is 0.262 e. The van der Waals surface area contributed by atoms with Gasteiger partial charge in [0, 0.05) is 10.6 Å². The summed E-state index contributed by atoms with van der Waals surface area (Å²) in [7, 11) is -3.67. The summed E-state index contributed by atoms with van der Waals surface area (Å²) < 4.78 is 41.6.